The van der Waals surface area contributed by atoms with Crippen molar-refractivity contribution in [1.82, 2.24) is 20.2 Å². The molecule has 0 aliphatic carbocycles. The lowest BCUT2D eigenvalue weighted by atomic mass is 10.1. The first-order valence-corrected chi connectivity index (χ1v) is 10.1. The van der Waals surface area contributed by atoms with Crippen molar-refractivity contribution in [1.29, 1.82) is 0 Å². The smallest absolute Gasteiger partial charge is 0.209 e. The third kappa shape index (κ3) is 4.47. The number of methoxy groups -OCH3 is 1. The molecule has 0 saturated carbocycles. The molecular formula is C20H33N6O+. The van der Waals surface area contributed by atoms with Crippen molar-refractivity contribution >= 4 is 5.69 Å². The zero-order chi connectivity index (χ0) is 19.2. The maximum atomic E-state index is 5.21. The van der Waals surface area contributed by atoms with Crippen molar-refractivity contribution < 1.29 is 9.64 Å². The molecule has 0 bridgehead atoms. The summed E-state index contributed by atoms with van der Waals surface area (Å²) < 4.78 is 7.13. The first kappa shape index (κ1) is 19.8. The Morgan fingerprint density at radius 1 is 1.22 bits per heavy atom. The van der Waals surface area contributed by atoms with Gasteiger partial charge in [0.15, 0.2) is 0 Å². The summed E-state index contributed by atoms with van der Waals surface area (Å²) in [5, 5.41) is 12.5. The minimum absolute atomic E-state index is 0.350. The van der Waals surface area contributed by atoms with Crippen LogP contribution in [0.2, 0.25) is 0 Å². The normalized spacial score (nSPS) is 16.7. The largest absolute Gasteiger partial charge is 0.383 e. The lowest BCUT2D eigenvalue weighted by Crippen LogP contribution is -3.15. The van der Waals surface area contributed by atoms with Gasteiger partial charge in [-0.05, 0) is 41.5 Å². The van der Waals surface area contributed by atoms with E-state index in [1.807, 2.05) is 4.68 Å². The van der Waals surface area contributed by atoms with Crippen LogP contribution in [0.1, 0.15) is 42.8 Å². The lowest BCUT2D eigenvalue weighted by molar-refractivity contribution is -0.933. The fourth-order valence-corrected chi connectivity index (χ4v) is 4.06. The zero-order valence-corrected chi connectivity index (χ0v) is 17.1. The summed E-state index contributed by atoms with van der Waals surface area (Å²) in [5.41, 5.74) is 4.14. The highest BCUT2D eigenvalue weighted by atomic mass is 16.5. The monoisotopic (exact) mass is 373 g/mol. The molecule has 3 rings (SSSR count). The number of piperazine rings is 1. The number of rotatable bonds is 8. The fraction of sp³-hybridized carbons (Fsp3) is 0.650. The molecule has 1 fully saturated rings. The van der Waals surface area contributed by atoms with E-state index in [1.54, 1.807) is 12.0 Å². The van der Waals surface area contributed by atoms with Crippen LogP contribution < -0.4 is 9.80 Å². The van der Waals surface area contributed by atoms with Gasteiger partial charge in [-0.1, -0.05) is 25.5 Å². The van der Waals surface area contributed by atoms with Crippen LogP contribution in [0.25, 0.3) is 0 Å². The van der Waals surface area contributed by atoms with E-state index in [0.29, 0.717) is 19.2 Å². The molecule has 1 aromatic carbocycles. The molecule has 0 spiro atoms. The van der Waals surface area contributed by atoms with Crippen molar-refractivity contribution in [2.45, 2.75) is 46.2 Å². The number of nitrogens with zero attached hydrogens (tertiary/aromatic N) is 5. The van der Waals surface area contributed by atoms with Crippen LogP contribution in [0.15, 0.2) is 18.2 Å². The number of benzene rings is 1. The van der Waals surface area contributed by atoms with Crippen molar-refractivity contribution in [3.8, 4) is 0 Å². The highest BCUT2D eigenvalue weighted by Crippen LogP contribution is 2.23. The van der Waals surface area contributed by atoms with E-state index in [2.05, 4.69) is 59.4 Å². The van der Waals surface area contributed by atoms with E-state index in [-0.39, 0.29) is 0 Å². The van der Waals surface area contributed by atoms with Gasteiger partial charge in [0.25, 0.3) is 0 Å². The quantitative estimate of drug-likeness (QED) is 0.753. The molecule has 7 heteroatoms. The summed E-state index contributed by atoms with van der Waals surface area (Å²) in [4.78, 5) is 4.12. The van der Waals surface area contributed by atoms with Gasteiger partial charge in [-0.25, -0.2) is 4.68 Å². The Hall–Kier alpha value is -1.99. The van der Waals surface area contributed by atoms with Gasteiger partial charge in [0.1, 0.15) is 6.04 Å². The molecule has 148 valence electrons. The molecule has 1 atom stereocenters. The first-order chi connectivity index (χ1) is 13.2. The Morgan fingerprint density at radius 3 is 2.70 bits per heavy atom. The molecule has 1 aliphatic heterocycles. The van der Waals surface area contributed by atoms with Gasteiger partial charge in [-0.3, -0.25) is 0 Å². The molecule has 0 amide bonds. The number of hydrogen-bond donors (Lipinski definition) is 1. The molecular weight excluding hydrogens is 340 g/mol. The molecule has 7 nitrogen and oxygen atoms in total. The number of tetrazole rings is 1. The Kier molecular flexibility index (Phi) is 6.79. The summed E-state index contributed by atoms with van der Waals surface area (Å²) in [6.45, 7) is 12.4. The molecule has 1 N–H and O–H groups in total. The van der Waals surface area contributed by atoms with Crippen LogP contribution in [-0.4, -0.2) is 60.1 Å². The SMILES string of the molecule is CCC[C@@H](c1nnnn1CCOC)[NH+]1CCN(c2cccc(C)c2C)CC1. The number of aromatic nitrogens is 4. The van der Waals surface area contributed by atoms with E-state index in [4.69, 9.17) is 4.74 Å². The van der Waals surface area contributed by atoms with Gasteiger partial charge in [0.05, 0.1) is 39.3 Å². The second-order valence-corrected chi connectivity index (χ2v) is 7.46. The van der Waals surface area contributed by atoms with E-state index >= 15 is 0 Å². The predicted octanol–water partition coefficient (Wildman–Crippen LogP) is 1.18. The molecule has 27 heavy (non-hydrogen) atoms. The van der Waals surface area contributed by atoms with Crippen molar-refractivity contribution in [2.24, 2.45) is 0 Å². The lowest BCUT2D eigenvalue weighted by Gasteiger charge is -2.37. The van der Waals surface area contributed by atoms with Crippen LogP contribution in [0.5, 0.6) is 0 Å². The standard InChI is InChI=1S/C20H32N6O/c1-5-7-19(20-21-22-23-26(20)14-15-27-4)25-12-10-24(11-13-25)18-9-6-8-16(2)17(18)3/h6,8-9,19H,5,7,10-15H2,1-4H3/p+1/t19-/m0/s1. The highest BCUT2D eigenvalue weighted by Gasteiger charge is 2.32. The number of anilines is 1. The topological polar surface area (TPSA) is 60.5 Å². The van der Waals surface area contributed by atoms with Gasteiger partial charge in [-0.2, -0.15) is 0 Å². The van der Waals surface area contributed by atoms with Crippen LogP contribution in [0.4, 0.5) is 5.69 Å². The minimum Gasteiger partial charge on any atom is -0.383 e. The fourth-order valence-electron chi connectivity index (χ4n) is 4.06. The number of ether oxygens (including phenoxy) is 1. The zero-order valence-electron chi connectivity index (χ0n) is 17.1. The Labute approximate surface area is 162 Å². The number of aryl methyl sites for hydroxylation is 1. The maximum Gasteiger partial charge on any atom is 0.209 e. The number of nitrogens with one attached hydrogen (secondary N) is 1. The summed E-state index contributed by atoms with van der Waals surface area (Å²) >= 11 is 0. The Morgan fingerprint density at radius 2 is 2.00 bits per heavy atom. The number of hydrogen-bond acceptors (Lipinski definition) is 5. The van der Waals surface area contributed by atoms with Crippen molar-refractivity contribution in [3.63, 3.8) is 0 Å². The molecule has 2 aromatic rings. The maximum absolute atomic E-state index is 5.21. The van der Waals surface area contributed by atoms with Gasteiger partial charge in [-0.15, -0.1) is 5.10 Å². The van der Waals surface area contributed by atoms with Gasteiger partial charge in [0, 0.05) is 19.2 Å². The average Bonchev–Trinajstić information content (AvgIpc) is 3.15. The molecule has 1 aromatic heterocycles. The van der Waals surface area contributed by atoms with Crippen LogP contribution in [0.3, 0.4) is 0 Å². The van der Waals surface area contributed by atoms with Crippen LogP contribution in [0, 0.1) is 13.8 Å². The molecule has 1 saturated heterocycles. The minimum atomic E-state index is 0.350. The van der Waals surface area contributed by atoms with E-state index in [1.165, 1.54) is 16.8 Å². The van der Waals surface area contributed by atoms with Crippen molar-refractivity contribution in [3.05, 3.63) is 35.2 Å². The van der Waals surface area contributed by atoms with Crippen molar-refractivity contribution in [2.75, 3.05) is 44.8 Å². The second-order valence-electron chi connectivity index (χ2n) is 7.46. The third-order valence-electron chi connectivity index (χ3n) is 5.77. The van der Waals surface area contributed by atoms with E-state index in [0.717, 1.165) is 44.8 Å². The molecule has 1 aliphatic rings. The van der Waals surface area contributed by atoms with Gasteiger partial charge >= 0.3 is 0 Å². The molecule has 0 unspecified atom stereocenters. The molecule has 0 radical (unpaired) electrons. The van der Waals surface area contributed by atoms with Crippen LogP contribution >= 0.6 is 0 Å². The number of quaternary nitrogens is 1. The summed E-state index contributed by atoms with van der Waals surface area (Å²) in [6, 6.07) is 6.96. The second kappa shape index (κ2) is 9.28. The van der Waals surface area contributed by atoms with Gasteiger partial charge in [0.2, 0.25) is 5.82 Å². The predicted molar refractivity (Wildman–Crippen MR) is 106 cm³/mol. The third-order valence-corrected chi connectivity index (χ3v) is 5.77. The van der Waals surface area contributed by atoms with E-state index < -0.39 is 0 Å². The molecule has 2 heterocycles. The van der Waals surface area contributed by atoms with Crippen LogP contribution in [-0.2, 0) is 11.3 Å². The highest BCUT2D eigenvalue weighted by molar-refractivity contribution is 5.56. The summed E-state index contributed by atoms with van der Waals surface area (Å²) in [6.07, 6.45) is 2.23. The summed E-state index contributed by atoms with van der Waals surface area (Å²) in [5.74, 6) is 1.00. The Bertz CT molecular complexity index is 723. The average molecular weight is 374 g/mol. The first-order valence-electron chi connectivity index (χ1n) is 10.1. The summed E-state index contributed by atoms with van der Waals surface area (Å²) in [7, 11) is 1.71. The van der Waals surface area contributed by atoms with Gasteiger partial charge < -0.3 is 14.5 Å². The Balaban J connectivity index is 1.70. The van der Waals surface area contributed by atoms with E-state index in [9.17, 15) is 0 Å².